The van der Waals surface area contributed by atoms with Crippen LogP contribution in [-0.4, -0.2) is 25.6 Å². The minimum atomic E-state index is -0.529. The number of nitrogens with one attached hydrogen (secondary N) is 1. The highest BCUT2D eigenvalue weighted by molar-refractivity contribution is 6.09. The standard InChI is InChI=1S/C20H18N2O4/c1-3-26-18-6-4-5-17(12-18)22-19(23)16(13-21)11-14-7-9-15(10-8-14)20(24)25-2/h4-12H,3H2,1-2H3,(H,22,23)/b16-11+. The van der Waals surface area contributed by atoms with Gasteiger partial charge in [-0.2, -0.15) is 5.26 Å². The van der Waals surface area contributed by atoms with E-state index in [1.807, 2.05) is 13.0 Å². The molecule has 0 saturated heterocycles. The molecule has 0 radical (unpaired) electrons. The van der Waals surface area contributed by atoms with E-state index in [9.17, 15) is 14.9 Å². The van der Waals surface area contributed by atoms with Gasteiger partial charge in [-0.3, -0.25) is 4.79 Å². The van der Waals surface area contributed by atoms with Crippen molar-refractivity contribution in [2.45, 2.75) is 6.92 Å². The summed E-state index contributed by atoms with van der Waals surface area (Å²) in [7, 11) is 1.30. The van der Waals surface area contributed by atoms with E-state index in [1.165, 1.54) is 13.2 Å². The number of anilines is 1. The van der Waals surface area contributed by atoms with Crippen molar-refractivity contribution in [3.8, 4) is 11.8 Å². The third kappa shape index (κ3) is 4.95. The highest BCUT2D eigenvalue weighted by Gasteiger charge is 2.11. The van der Waals surface area contributed by atoms with E-state index < -0.39 is 11.9 Å². The molecule has 132 valence electrons. The Labute approximate surface area is 151 Å². The van der Waals surface area contributed by atoms with E-state index in [4.69, 9.17) is 4.74 Å². The molecule has 0 fully saturated rings. The summed E-state index contributed by atoms with van der Waals surface area (Å²) in [4.78, 5) is 23.7. The van der Waals surface area contributed by atoms with E-state index in [0.717, 1.165) is 0 Å². The first kappa shape index (κ1) is 18.7. The topological polar surface area (TPSA) is 88.4 Å². The van der Waals surface area contributed by atoms with Crippen LogP contribution in [0, 0.1) is 11.3 Å². The summed E-state index contributed by atoms with van der Waals surface area (Å²) in [5.74, 6) is -0.350. The van der Waals surface area contributed by atoms with Gasteiger partial charge in [-0.25, -0.2) is 4.79 Å². The van der Waals surface area contributed by atoms with Crippen molar-refractivity contribution >= 4 is 23.6 Å². The number of esters is 1. The zero-order valence-corrected chi connectivity index (χ0v) is 14.5. The summed E-state index contributed by atoms with van der Waals surface area (Å²) in [6, 6.07) is 15.2. The summed E-state index contributed by atoms with van der Waals surface area (Å²) in [5.41, 5.74) is 1.48. The van der Waals surface area contributed by atoms with Crippen molar-refractivity contribution in [1.82, 2.24) is 0 Å². The SMILES string of the molecule is CCOc1cccc(NC(=O)/C(C#N)=C/c2ccc(C(=O)OC)cc2)c1. The summed E-state index contributed by atoms with van der Waals surface area (Å²) < 4.78 is 10.0. The van der Waals surface area contributed by atoms with Crippen molar-refractivity contribution in [1.29, 1.82) is 5.26 Å². The second-order valence-corrected chi connectivity index (χ2v) is 5.20. The number of amides is 1. The summed E-state index contributed by atoms with van der Waals surface area (Å²) in [6.07, 6.45) is 1.45. The summed E-state index contributed by atoms with van der Waals surface area (Å²) >= 11 is 0. The Morgan fingerprint density at radius 1 is 1.19 bits per heavy atom. The number of nitriles is 1. The van der Waals surface area contributed by atoms with Crippen LogP contribution in [0.1, 0.15) is 22.8 Å². The average molecular weight is 350 g/mol. The maximum absolute atomic E-state index is 12.3. The van der Waals surface area contributed by atoms with E-state index in [2.05, 4.69) is 10.1 Å². The predicted octanol–water partition coefficient (Wildman–Crippen LogP) is 3.42. The number of nitrogens with zero attached hydrogens (tertiary/aromatic N) is 1. The number of methoxy groups -OCH3 is 1. The van der Waals surface area contributed by atoms with Gasteiger partial charge in [0.25, 0.3) is 5.91 Å². The number of benzene rings is 2. The van der Waals surface area contributed by atoms with E-state index in [0.29, 0.717) is 29.2 Å². The Morgan fingerprint density at radius 3 is 2.54 bits per heavy atom. The molecule has 0 aliphatic carbocycles. The highest BCUT2D eigenvalue weighted by Crippen LogP contribution is 2.18. The molecule has 0 spiro atoms. The van der Waals surface area contributed by atoms with Crippen LogP contribution in [0.3, 0.4) is 0 Å². The van der Waals surface area contributed by atoms with Crippen LogP contribution in [0.5, 0.6) is 5.75 Å². The first-order valence-electron chi connectivity index (χ1n) is 7.91. The number of ether oxygens (including phenoxy) is 2. The number of hydrogen-bond acceptors (Lipinski definition) is 5. The maximum atomic E-state index is 12.3. The highest BCUT2D eigenvalue weighted by atomic mass is 16.5. The Kier molecular flexibility index (Phi) is 6.52. The molecule has 0 bridgehead atoms. The van der Waals surface area contributed by atoms with E-state index in [-0.39, 0.29) is 5.57 Å². The fourth-order valence-corrected chi connectivity index (χ4v) is 2.18. The monoisotopic (exact) mass is 350 g/mol. The molecule has 0 aromatic heterocycles. The van der Waals surface area contributed by atoms with E-state index >= 15 is 0 Å². The first-order valence-corrected chi connectivity index (χ1v) is 7.91. The van der Waals surface area contributed by atoms with Gasteiger partial charge in [0, 0.05) is 11.8 Å². The average Bonchev–Trinajstić information content (AvgIpc) is 2.66. The van der Waals surface area contributed by atoms with Crippen LogP contribution in [0.15, 0.2) is 54.1 Å². The molecule has 1 N–H and O–H groups in total. The number of hydrogen-bond donors (Lipinski definition) is 1. The lowest BCUT2D eigenvalue weighted by Gasteiger charge is -2.07. The van der Waals surface area contributed by atoms with Gasteiger partial charge in [0.15, 0.2) is 0 Å². The molecule has 2 aromatic carbocycles. The molecular formula is C20H18N2O4. The summed E-state index contributed by atoms with van der Waals surface area (Å²) in [6.45, 7) is 2.38. The zero-order valence-electron chi connectivity index (χ0n) is 14.5. The van der Waals surface area contributed by atoms with Crippen LogP contribution in [0.4, 0.5) is 5.69 Å². The summed E-state index contributed by atoms with van der Waals surface area (Å²) in [5, 5.41) is 11.9. The molecule has 26 heavy (non-hydrogen) atoms. The van der Waals surface area contributed by atoms with Crippen LogP contribution >= 0.6 is 0 Å². The molecule has 1 amide bonds. The third-order valence-electron chi connectivity index (χ3n) is 3.41. The third-order valence-corrected chi connectivity index (χ3v) is 3.41. The van der Waals surface area contributed by atoms with E-state index in [1.54, 1.807) is 48.5 Å². The van der Waals surface area contributed by atoms with Crippen LogP contribution < -0.4 is 10.1 Å². The van der Waals surface area contributed by atoms with Crippen molar-refractivity contribution in [2.24, 2.45) is 0 Å². The van der Waals surface area contributed by atoms with Crippen molar-refractivity contribution in [3.63, 3.8) is 0 Å². The van der Waals surface area contributed by atoms with Gasteiger partial charge in [0.2, 0.25) is 0 Å². The quantitative estimate of drug-likeness (QED) is 0.490. The molecule has 6 nitrogen and oxygen atoms in total. The number of carbonyl (C=O) groups excluding carboxylic acids is 2. The van der Waals surface area contributed by atoms with Crippen LogP contribution in [-0.2, 0) is 9.53 Å². The Morgan fingerprint density at radius 2 is 1.92 bits per heavy atom. The van der Waals surface area contributed by atoms with Crippen molar-refractivity contribution < 1.29 is 19.1 Å². The fourth-order valence-electron chi connectivity index (χ4n) is 2.18. The molecule has 0 atom stereocenters. The lowest BCUT2D eigenvalue weighted by atomic mass is 10.1. The number of rotatable bonds is 6. The molecule has 0 heterocycles. The zero-order chi connectivity index (χ0) is 18.9. The molecule has 0 aliphatic rings. The largest absolute Gasteiger partial charge is 0.494 e. The van der Waals surface area contributed by atoms with Gasteiger partial charge in [0.1, 0.15) is 17.4 Å². The van der Waals surface area contributed by atoms with Gasteiger partial charge in [0.05, 0.1) is 19.3 Å². The molecule has 0 unspecified atom stereocenters. The number of carbonyl (C=O) groups is 2. The smallest absolute Gasteiger partial charge is 0.337 e. The predicted molar refractivity (Wildman–Crippen MR) is 97.6 cm³/mol. The maximum Gasteiger partial charge on any atom is 0.337 e. The van der Waals surface area contributed by atoms with Gasteiger partial charge < -0.3 is 14.8 Å². The Bertz CT molecular complexity index is 864. The minimum absolute atomic E-state index is 0.0577. The Balaban J connectivity index is 2.15. The first-order chi connectivity index (χ1) is 12.6. The molecule has 6 heteroatoms. The van der Waals surface area contributed by atoms with Gasteiger partial charge in [-0.1, -0.05) is 18.2 Å². The molecule has 0 aliphatic heterocycles. The molecule has 2 rings (SSSR count). The van der Waals surface area contributed by atoms with Gasteiger partial charge in [-0.05, 0) is 42.8 Å². The van der Waals surface area contributed by atoms with Gasteiger partial charge in [-0.15, -0.1) is 0 Å². The normalized spacial score (nSPS) is 10.6. The second kappa shape index (κ2) is 9.04. The molecule has 2 aromatic rings. The molecule has 0 saturated carbocycles. The second-order valence-electron chi connectivity index (χ2n) is 5.20. The van der Waals surface area contributed by atoms with Gasteiger partial charge >= 0.3 is 5.97 Å². The van der Waals surface area contributed by atoms with Crippen LogP contribution in [0.2, 0.25) is 0 Å². The minimum Gasteiger partial charge on any atom is -0.494 e. The lowest BCUT2D eigenvalue weighted by Crippen LogP contribution is -2.13. The lowest BCUT2D eigenvalue weighted by molar-refractivity contribution is -0.112. The van der Waals surface area contributed by atoms with Crippen LogP contribution in [0.25, 0.3) is 6.08 Å². The fraction of sp³-hybridized carbons (Fsp3) is 0.150. The van der Waals surface area contributed by atoms with Crippen molar-refractivity contribution in [2.75, 3.05) is 19.0 Å². The molecular weight excluding hydrogens is 332 g/mol. The Hall–Kier alpha value is -3.59. The van der Waals surface area contributed by atoms with Crippen molar-refractivity contribution in [3.05, 3.63) is 65.2 Å².